The van der Waals surface area contributed by atoms with Gasteiger partial charge in [0.25, 0.3) is 5.91 Å². The molecule has 0 unspecified atom stereocenters. The van der Waals surface area contributed by atoms with Gasteiger partial charge in [0.15, 0.2) is 6.61 Å². The molecule has 2 aromatic carbocycles. The van der Waals surface area contributed by atoms with Crippen LogP contribution in [0.25, 0.3) is 0 Å². The van der Waals surface area contributed by atoms with E-state index in [1.54, 1.807) is 29.2 Å². The molecule has 0 aliphatic carbocycles. The van der Waals surface area contributed by atoms with Crippen LogP contribution in [0.15, 0.2) is 36.4 Å². The maximum atomic E-state index is 12.2. The van der Waals surface area contributed by atoms with Crippen LogP contribution in [0.5, 0.6) is 0 Å². The standard InChI is InChI=1S/C20H17Cl3N2O4/c21-14-8-15(22)19(16(23)9-14)24-17(26)11-29-20(28)13-5-3-12(4-6-13)10-25-7-1-2-18(25)27/h3-6,8-9H,1-2,7,10-11H2,(H,24,26). The summed E-state index contributed by atoms with van der Waals surface area (Å²) in [6.45, 7) is 0.761. The summed E-state index contributed by atoms with van der Waals surface area (Å²) in [5.74, 6) is -1.09. The average Bonchev–Trinajstić information content (AvgIpc) is 3.08. The minimum atomic E-state index is -0.641. The second-order valence-corrected chi connectivity index (χ2v) is 7.74. The first kappa shape index (κ1) is 21.4. The molecule has 6 nitrogen and oxygen atoms in total. The summed E-state index contributed by atoms with van der Waals surface area (Å²) in [5.41, 5.74) is 1.41. The number of hydrogen-bond acceptors (Lipinski definition) is 4. The SMILES string of the molecule is O=C(COC(=O)c1ccc(CN2CCCC2=O)cc1)Nc1c(Cl)cc(Cl)cc1Cl. The molecule has 9 heteroatoms. The largest absolute Gasteiger partial charge is 0.452 e. The molecular weight excluding hydrogens is 439 g/mol. The summed E-state index contributed by atoms with van der Waals surface area (Å²) in [5, 5.41) is 3.18. The number of nitrogens with one attached hydrogen (secondary N) is 1. The second-order valence-electron chi connectivity index (χ2n) is 6.48. The van der Waals surface area contributed by atoms with Crippen LogP contribution in [0.2, 0.25) is 15.1 Å². The molecule has 0 atom stereocenters. The van der Waals surface area contributed by atoms with Gasteiger partial charge in [-0.3, -0.25) is 9.59 Å². The number of amides is 2. The number of benzene rings is 2. The van der Waals surface area contributed by atoms with E-state index in [1.807, 2.05) is 0 Å². The van der Waals surface area contributed by atoms with E-state index < -0.39 is 18.5 Å². The van der Waals surface area contributed by atoms with Gasteiger partial charge in [-0.2, -0.15) is 0 Å². The smallest absolute Gasteiger partial charge is 0.338 e. The van der Waals surface area contributed by atoms with Gasteiger partial charge in [0, 0.05) is 24.5 Å². The third-order valence-electron chi connectivity index (χ3n) is 4.34. The van der Waals surface area contributed by atoms with E-state index in [1.165, 1.54) is 12.1 Å². The summed E-state index contributed by atoms with van der Waals surface area (Å²) < 4.78 is 5.03. The van der Waals surface area contributed by atoms with Gasteiger partial charge in [0.05, 0.1) is 21.3 Å². The Morgan fingerprint density at radius 2 is 1.72 bits per heavy atom. The van der Waals surface area contributed by atoms with Crippen molar-refractivity contribution in [3.63, 3.8) is 0 Å². The lowest BCUT2D eigenvalue weighted by molar-refractivity contribution is -0.128. The van der Waals surface area contributed by atoms with Gasteiger partial charge >= 0.3 is 5.97 Å². The highest BCUT2D eigenvalue weighted by atomic mass is 35.5. The van der Waals surface area contributed by atoms with Crippen LogP contribution in [0, 0.1) is 0 Å². The Bertz CT molecular complexity index is 924. The van der Waals surface area contributed by atoms with Gasteiger partial charge in [0.2, 0.25) is 5.91 Å². The molecule has 3 rings (SSSR count). The van der Waals surface area contributed by atoms with Gasteiger partial charge in [-0.15, -0.1) is 0 Å². The van der Waals surface area contributed by atoms with Gasteiger partial charge < -0.3 is 15.0 Å². The Hall–Kier alpha value is -2.28. The van der Waals surface area contributed by atoms with E-state index >= 15 is 0 Å². The van der Waals surface area contributed by atoms with Crippen LogP contribution in [-0.2, 0) is 20.9 Å². The molecule has 152 valence electrons. The van der Waals surface area contributed by atoms with Crippen molar-refractivity contribution >= 4 is 58.3 Å². The summed E-state index contributed by atoms with van der Waals surface area (Å²) in [6.07, 6.45) is 1.46. The predicted molar refractivity (Wildman–Crippen MR) is 111 cm³/mol. The number of carbonyl (C=O) groups excluding carboxylic acids is 3. The molecule has 2 amide bonds. The first-order chi connectivity index (χ1) is 13.8. The fourth-order valence-electron chi connectivity index (χ4n) is 2.89. The van der Waals surface area contributed by atoms with Gasteiger partial charge in [-0.25, -0.2) is 4.79 Å². The third-order valence-corrected chi connectivity index (χ3v) is 5.15. The van der Waals surface area contributed by atoms with Crippen LogP contribution in [0.1, 0.15) is 28.8 Å². The fraction of sp³-hybridized carbons (Fsp3) is 0.250. The number of halogens is 3. The highest BCUT2D eigenvalue weighted by molar-refractivity contribution is 6.42. The molecule has 0 spiro atoms. The van der Waals surface area contributed by atoms with Crippen molar-refractivity contribution in [1.29, 1.82) is 0 Å². The second kappa shape index (κ2) is 9.48. The molecule has 0 aromatic heterocycles. The van der Waals surface area contributed by atoms with Crippen molar-refractivity contribution < 1.29 is 19.1 Å². The molecule has 1 saturated heterocycles. The molecule has 0 saturated carbocycles. The molecule has 1 aliphatic rings. The molecule has 1 heterocycles. The Morgan fingerprint density at radius 1 is 1.07 bits per heavy atom. The van der Waals surface area contributed by atoms with Crippen molar-refractivity contribution in [1.82, 2.24) is 4.90 Å². The van der Waals surface area contributed by atoms with Crippen molar-refractivity contribution in [2.75, 3.05) is 18.5 Å². The predicted octanol–water partition coefficient (Wildman–Crippen LogP) is 4.56. The number of hydrogen-bond donors (Lipinski definition) is 1. The molecule has 1 fully saturated rings. The number of anilines is 1. The number of esters is 1. The van der Waals surface area contributed by atoms with Gasteiger partial charge in [-0.05, 0) is 36.2 Å². The minimum Gasteiger partial charge on any atom is -0.452 e. The first-order valence-electron chi connectivity index (χ1n) is 8.81. The summed E-state index contributed by atoms with van der Waals surface area (Å²) in [6, 6.07) is 9.60. The molecule has 29 heavy (non-hydrogen) atoms. The van der Waals surface area contributed by atoms with E-state index in [0.29, 0.717) is 23.6 Å². The van der Waals surface area contributed by atoms with Crippen molar-refractivity contribution in [2.45, 2.75) is 19.4 Å². The van der Waals surface area contributed by atoms with E-state index in [2.05, 4.69) is 5.32 Å². The normalized spacial score (nSPS) is 13.5. The lowest BCUT2D eigenvalue weighted by Crippen LogP contribution is -2.24. The highest BCUT2D eigenvalue weighted by Crippen LogP contribution is 2.33. The van der Waals surface area contributed by atoms with E-state index in [0.717, 1.165) is 18.5 Å². The first-order valence-corrected chi connectivity index (χ1v) is 9.95. The monoisotopic (exact) mass is 454 g/mol. The zero-order chi connectivity index (χ0) is 21.0. The van der Waals surface area contributed by atoms with Crippen LogP contribution in [0.3, 0.4) is 0 Å². The van der Waals surface area contributed by atoms with E-state index in [4.69, 9.17) is 39.5 Å². The molecule has 2 aromatic rings. The van der Waals surface area contributed by atoms with Crippen molar-refractivity contribution in [3.8, 4) is 0 Å². The highest BCUT2D eigenvalue weighted by Gasteiger charge is 2.20. The van der Waals surface area contributed by atoms with Crippen LogP contribution < -0.4 is 5.32 Å². The minimum absolute atomic E-state index is 0.139. The van der Waals surface area contributed by atoms with Gasteiger partial charge in [0.1, 0.15) is 0 Å². The Balaban J connectivity index is 1.52. The topological polar surface area (TPSA) is 75.7 Å². The molecular formula is C20H17Cl3N2O4. The number of nitrogens with zero attached hydrogens (tertiary/aromatic N) is 1. The average molecular weight is 456 g/mol. The Labute approximate surface area is 182 Å². The maximum absolute atomic E-state index is 12.2. The number of carbonyl (C=O) groups is 3. The molecule has 0 radical (unpaired) electrons. The van der Waals surface area contributed by atoms with Crippen LogP contribution in [-0.4, -0.2) is 35.8 Å². The molecule has 1 N–H and O–H groups in total. The Kier molecular flexibility index (Phi) is 7.00. The Morgan fingerprint density at radius 3 is 2.31 bits per heavy atom. The zero-order valence-electron chi connectivity index (χ0n) is 15.2. The van der Waals surface area contributed by atoms with Gasteiger partial charge in [-0.1, -0.05) is 46.9 Å². The van der Waals surface area contributed by atoms with Crippen molar-refractivity contribution in [2.24, 2.45) is 0 Å². The summed E-state index contributed by atoms with van der Waals surface area (Å²) in [4.78, 5) is 37.7. The van der Waals surface area contributed by atoms with Crippen molar-refractivity contribution in [3.05, 3.63) is 62.6 Å². The quantitative estimate of drug-likeness (QED) is 0.648. The summed E-state index contributed by atoms with van der Waals surface area (Å²) in [7, 11) is 0. The summed E-state index contributed by atoms with van der Waals surface area (Å²) >= 11 is 17.8. The number of likely N-dealkylation sites (tertiary alicyclic amines) is 1. The van der Waals surface area contributed by atoms with Crippen LogP contribution >= 0.6 is 34.8 Å². The molecule has 0 bridgehead atoms. The zero-order valence-corrected chi connectivity index (χ0v) is 17.5. The fourth-order valence-corrected chi connectivity index (χ4v) is 3.80. The van der Waals surface area contributed by atoms with E-state index in [9.17, 15) is 14.4 Å². The molecule has 1 aliphatic heterocycles. The number of rotatable bonds is 6. The lowest BCUT2D eigenvalue weighted by Gasteiger charge is -2.15. The number of ether oxygens (including phenoxy) is 1. The lowest BCUT2D eigenvalue weighted by atomic mass is 10.1. The maximum Gasteiger partial charge on any atom is 0.338 e. The third kappa shape index (κ3) is 5.63. The van der Waals surface area contributed by atoms with E-state index in [-0.39, 0.29) is 21.6 Å². The van der Waals surface area contributed by atoms with Crippen LogP contribution in [0.4, 0.5) is 5.69 Å².